The Morgan fingerprint density at radius 3 is 2.50 bits per heavy atom. The van der Waals surface area contributed by atoms with Gasteiger partial charge in [-0.1, -0.05) is 6.08 Å². The van der Waals surface area contributed by atoms with Crippen molar-refractivity contribution in [2.75, 3.05) is 7.05 Å². The lowest BCUT2D eigenvalue weighted by Crippen LogP contribution is -2.34. The number of aliphatic carboxylic acids is 2. The van der Waals surface area contributed by atoms with Crippen molar-refractivity contribution in [2.24, 2.45) is 0 Å². The number of hydrogen-bond donors (Lipinski definition) is 3. The van der Waals surface area contributed by atoms with Crippen molar-refractivity contribution < 1.29 is 24.9 Å². The molecule has 2 unspecified atom stereocenters. The van der Waals surface area contributed by atoms with E-state index in [1.807, 2.05) is 12.3 Å². The van der Waals surface area contributed by atoms with Gasteiger partial charge in [0, 0.05) is 30.3 Å². The van der Waals surface area contributed by atoms with Crippen LogP contribution in [0.2, 0.25) is 0 Å². The summed E-state index contributed by atoms with van der Waals surface area (Å²) in [5, 5.41) is 25.1. The van der Waals surface area contributed by atoms with Crippen molar-refractivity contribution in [1.29, 1.82) is 0 Å². The molecular formula is C20H21N3O5. The van der Waals surface area contributed by atoms with Crippen LogP contribution in [0.15, 0.2) is 42.6 Å². The van der Waals surface area contributed by atoms with Gasteiger partial charge in [0.1, 0.15) is 5.75 Å². The van der Waals surface area contributed by atoms with E-state index < -0.39 is 11.9 Å². The number of fused-ring (bicyclic) bond motifs is 3. The third kappa shape index (κ3) is 4.52. The van der Waals surface area contributed by atoms with E-state index in [9.17, 15) is 14.7 Å². The summed E-state index contributed by atoms with van der Waals surface area (Å²) in [6.07, 6.45) is 8.88. The molecule has 2 atom stereocenters. The number of nitrogens with zero attached hydrogens (tertiary/aromatic N) is 3. The average Bonchev–Trinajstić information content (AvgIpc) is 2.87. The minimum absolute atomic E-state index is 0.233. The monoisotopic (exact) mass is 383 g/mol. The molecule has 3 heterocycles. The maximum Gasteiger partial charge on any atom is 0.328 e. The first-order valence-corrected chi connectivity index (χ1v) is 8.86. The maximum absolute atomic E-state index is 9.55. The number of benzene rings is 1. The zero-order valence-corrected chi connectivity index (χ0v) is 15.3. The zero-order valence-electron chi connectivity index (χ0n) is 15.3. The highest BCUT2D eigenvalue weighted by Gasteiger charge is 2.34. The number of carboxylic acid groups (broad SMARTS) is 2. The number of hydrogen-bond acceptors (Lipinski definition) is 6. The fourth-order valence-electron chi connectivity index (χ4n) is 3.53. The lowest BCUT2D eigenvalue weighted by atomic mass is 9.99. The highest BCUT2D eigenvalue weighted by Crippen LogP contribution is 2.36. The summed E-state index contributed by atoms with van der Waals surface area (Å²) in [6, 6.07) is 6.34. The van der Waals surface area contributed by atoms with Gasteiger partial charge in [0.2, 0.25) is 0 Å². The summed E-state index contributed by atoms with van der Waals surface area (Å²) < 4.78 is 0. The summed E-state index contributed by atoms with van der Waals surface area (Å²) >= 11 is 0. The second kappa shape index (κ2) is 8.18. The summed E-state index contributed by atoms with van der Waals surface area (Å²) in [6.45, 7) is 0. The highest BCUT2D eigenvalue weighted by atomic mass is 16.4. The normalized spacial score (nSPS) is 21.2. The summed E-state index contributed by atoms with van der Waals surface area (Å²) in [7, 11) is 2.21. The van der Waals surface area contributed by atoms with Crippen molar-refractivity contribution in [3.8, 4) is 5.75 Å². The number of carbonyl (C=O) groups is 2. The predicted octanol–water partition coefficient (Wildman–Crippen LogP) is 2.30. The molecule has 1 aromatic carbocycles. The fourth-order valence-corrected chi connectivity index (χ4v) is 3.53. The third-order valence-corrected chi connectivity index (χ3v) is 4.97. The van der Waals surface area contributed by atoms with E-state index in [1.165, 1.54) is 18.4 Å². The fraction of sp³-hybridized carbons (Fsp3) is 0.300. The van der Waals surface area contributed by atoms with E-state index in [0.29, 0.717) is 24.2 Å². The quantitative estimate of drug-likeness (QED) is 0.690. The van der Waals surface area contributed by atoms with Crippen LogP contribution in [0.4, 0.5) is 0 Å². The Morgan fingerprint density at radius 2 is 1.86 bits per heavy atom. The van der Waals surface area contributed by atoms with Crippen LogP contribution in [-0.2, 0) is 9.59 Å². The van der Waals surface area contributed by atoms with Crippen LogP contribution in [-0.4, -0.2) is 61.3 Å². The minimum atomic E-state index is -1.26. The molecule has 2 aliphatic heterocycles. The van der Waals surface area contributed by atoms with Gasteiger partial charge in [0.05, 0.1) is 22.9 Å². The molecule has 146 valence electrons. The molecule has 1 fully saturated rings. The van der Waals surface area contributed by atoms with Crippen LogP contribution < -0.4 is 0 Å². The molecule has 8 heteroatoms. The molecule has 3 N–H and O–H groups in total. The van der Waals surface area contributed by atoms with Crippen molar-refractivity contribution in [1.82, 2.24) is 14.9 Å². The number of rotatable bonds is 3. The molecule has 0 radical (unpaired) electrons. The van der Waals surface area contributed by atoms with E-state index in [4.69, 9.17) is 15.2 Å². The number of phenolic OH excluding ortho intramolecular Hbond substituents is 1. The molecule has 0 spiro atoms. The Hall–Kier alpha value is -3.26. The van der Waals surface area contributed by atoms with Crippen LogP contribution >= 0.6 is 0 Å². The van der Waals surface area contributed by atoms with Gasteiger partial charge in [0.25, 0.3) is 0 Å². The number of aromatic hydroxyl groups is 1. The number of phenols is 1. The molecule has 0 saturated carbocycles. The van der Waals surface area contributed by atoms with Gasteiger partial charge < -0.3 is 15.3 Å². The van der Waals surface area contributed by atoms with Crippen LogP contribution in [0, 0.1) is 0 Å². The minimum Gasteiger partial charge on any atom is -0.508 e. The van der Waals surface area contributed by atoms with E-state index in [0.717, 1.165) is 23.1 Å². The van der Waals surface area contributed by atoms with Crippen LogP contribution in [0.5, 0.6) is 5.75 Å². The lowest BCUT2D eigenvalue weighted by molar-refractivity contribution is -0.134. The van der Waals surface area contributed by atoms with Crippen molar-refractivity contribution in [2.45, 2.75) is 31.3 Å². The Labute approximate surface area is 161 Å². The smallest absolute Gasteiger partial charge is 0.328 e. The van der Waals surface area contributed by atoms with E-state index >= 15 is 0 Å². The first kappa shape index (κ1) is 19.5. The van der Waals surface area contributed by atoms with Crippen molar-refractivity contribution in [3.05, 3.63) is 48.3 Å². The Kier molecular flexibility index (Phi) is 5.70. The molecule has 4 rings (SSSR count). The average molecular weight is 383 g/mol. The third-order valence-electron chi connectivity index (χ3n) is 4.97. The van der Waals surface area contributed by atoms with Gasteiger partial charge in [-0.25, -0.2) is 14.6 Å². The molecule has 1 saturated heterocycles. The second-order valence-electron chi connectivity index (χ2n) is 6.80. The molecule has 2 aromatic rings. The molecule has 0 amide bonds. The van der Waals surface area contributed by atoms with Gasteiger partial charge in [0.15, 0.2) is 0 Å². The van der Waals surface area contributed by atoms with E-state index in [2.05, 4.69) is 23.0 Å². The Balaban J connectivity index is 0.000000242. The summed E-state index contributed by atoms with van der Waals surface area (Å²) in [5.74, 6) is -2.28. The van der Waals surface area contributed by atoms with Gasteiger partial charge in [-0.2, -0.15) is 0 Å². The van der Waals surface area contributed by atoms with Crippen LogP contribution in [0.3, 0.4) is 0 Å². The standard InChI is InChI=1S/C16H17N3O.C4H4O4/c1-19-11-2-3-12(19)7-10(6-11)16-9-17-15-8-13(20)4-5-14(15)18-16;5-3(6)1-2-4(7)8/h4-6,8-9,11-12,20H,2-3,7H2,1H3;1-2H,(H,5,6)(H,7,8). The number of aromatic nitrogens is 2. The van der Waals surface area contributed by atoms with E-state index in [-0.39, 0.29) is 5.75 Å². The topological polar surface area (TPSA) is 124 Å². The molecule has 2 bridgehead atoms. The Morgan fingerprint density at radius 1 is 1.14 bits per heavy atom. The zero-order chi connectivity index (χ0) is 20.3. The summed E-state index contributed by atoms with van der Waals surface area (Å²) in [4.78, 5) is 30.7. The van der Waals surface area contributed by atoms with Crippen LogP contribution in [0.25, 0.3) is 16.6 Å². The van der Waals surface area contributed by atoms with Gasteiger partial charge in [-0.3, -0.25) is 9.88 Å². The summed E-state index contributed by atoms with van der Waals surface area (Å²) in [5.41, 5.74) is 3.88. The first-order chi connectivity index (χ1) is 13.3. The molecule has 8 nitrogen and oxygen atoms in total. The van der Waals surface area contributed by atoms with Crippen LogP contribution in [0.1, 0.15) is 25.0 Å². The molecule has 28 heavy (non-hydrogen) atoms. The van der Waals surface area contributed by atoms with Crippen molar-refractivity contribution in [3.63, 3.8) is 0 Å². The number of carboxylic acids is 2. The van der Waals surface area contributed by atoms with Gasteiger partial charge >= 0.3 is 11.9 Å². The van der Waals surface area contributed by atoms with Crippen molar-refractivity contribution >= 4 is 28.5 Å². The SMILES string of the molecule is CN1C2C=C(c3cnc4cc(O)ccc4n3)CC1CC2.O=C(O)C=CC(=O)O. The number of likely N-dealkylation sites (N-methyl/N-ethyl adjacent to an activating group) is 1. The van der Waals surface area contributed by atoms with Gasteiger partial charge in [-0.05, 0) is 44.0 Å². The van der Waals surface area contributed by atoms with Gasteiger partial charge in [-0.15, -0.1) is 0 Å². The molecule has 1 aromatic heterocycles. The molecule has 0 aliphatic carbocycles. The molecule has 2 aliphatic rings. The highest BCUT2D eigenvalue weighted by molar-refractivity contribution is 5.89. The maximum atomic E-state index is 9.55. The largest absolute Gasteiger partial charge is 0.508 e. The predicted molar refractivity (Wildman–Crippen MR) is 103 cm³/mol. The second-order valence-corrected chi connectivity index (χ2v) is 6.80. The van der Waals surface area contributed by atoms with E-state index in [1.54, 1.807) is 12.1 Å². The molecular weight excluding hydrogens is 362 g/mol. The Bertz CT molecular complexity index is 953. The first-order valence-electron chi connectivity index (χ1n) is 8.86. The lowest BCUT2D eigenvalue weighted by Gasteiger charge is -2.30.